The first-order chi connectivity index (χ1) is 14.5. The second-order valence-electron chi connectivity index (χ2n) is 8.18. The number of nitro groups is 1. The SMILES string of the molecule is Cc1cc(C)c(S(=O)(=O)N2CCC[C@@H](C(=O)Nc3cc([N+](=O)[O-])ccc3C)C2)c(C)c1. The molecule has 1 fully saturated rings. The van der Waals surface area contributed by atoms with Crippen molar-refractivity contribution in [2.75, 3.05) is 18.4 Å². The van der Waals surface area contributed by atoms with Crippen LogP contribution in [0.1, 0.15) is 35.1 Å². The monoisotopic (exact) mass is 445 g/mol. The van der Waals surface area contributed by atoms with E-state index in [-0.39, 0.29) is 18.1 Å². The van der Waals surface area contributed by atoms with Crippen molar-refractivity contribution < 1.29 is 18.1 Å². The zero-order valence-corrected chi connectivity index (χ0v) is 19.0. The molecule has 0 saturated carbocycles. The molecule has 1 atom stereocenters. The second-order valence-corrected chi connectivity index (χ2v) is 10.1. The molecule has 1 aliphatic rings. The average molecular weight is 446 g/mol. The van der Waals surface area contributed by atoms with E-state index < -0.39 is 20.9 Å². The summed E-state index contributed by atoms with van der Waals surface area (Å²) in [7, 11) is -3.74. The van der Waals surface area contributed by atoms with Gasteiger partial charge in [-0.2, -0.15) is 4.31 Å². The van der Waals surface area contributed by atoms with Gasteiger partial charge in [-0.3, -0.25) is 14.9 Å². The highest BCUT2D eigenvalue weighted by Gasteiger charge is 2.35. The third kappa shape index (κ3) is 4.77. The predicted octanol–water partition coefficient (Wildman–Crippen LogP) is 3.87. The number of hydrogen-bond acceptors (Lipinski definition) is 5. The quantitative estimate of drug-likeness (QED) is 0.555. The number of non-ortho nitro benzene ring substituents is 1. The molecule has 1 N–H and O–H groups in total. The standard InChI is InChI=1S/C22H27N3O5S/c1-14-10-16(3)21(17(4)11-14)31(29,30)24-9-5-6-18(13-24)22(26)23-20-12-19(25(27)28)8-7-15(20)2/h7-8,10-12,18H,5-6,9,13H2,1-4H3,(H,23,26)/t18-/m1/s1. The minimum Gasteiger partial charge on any atom is -0.325 e. The molecule has 0 unspecified atom stereocenters. The highest BCUT2D eigenvalue weighted by molar-refractivity contribution is 7.89. The number of anilines is 1. The van der Waals surface area contributed by atoms with Crippen molar-refractivity contribution in [2.24, 2.45) is 5.92 Å². The summed E-state index contributed by atoms with van der Waals surface area (Å²) < 4.78 is 28.1. The lowest BCUT2D eigenvalue weighted by Gasteiger charge is -2.32. The zero-order chi connectivity index (χ0) is 22.9. The number of hydrogen-bond donors (Lipinski definition) is 1. The van der Waals surface area contributed by atoms with Crippen LogP contribution in [-0.2, 0) is 14.8 Å². The lowest BCUT2D eigenvalue weighted by Crippen LogP contribution is -2.44. The number of nitro benzene ring substituents is 1. The smallest absolute Gasteiger partial charge is 0.271 e. The fraction of sp³-hybridized carbons (Fsp3) is 0.409. The van der Waals surface area contributed by atoms with Crippen LogP contribution in [0.2, 0.25) is 0 Å². The van der Waals surface area contributed by atoms with Crippen molar-refractivity contribution in [1.82, 2.24) is 4.31 Å². The Balaban J connectivity index is 1.82. The van der Waals surface area contributed by atoms with Crippen LogP contribution in [0.5, 0.6) is 0 Å². The maximum absolute atomic E-state index is 13.4. The highest BCUT2D eigenvalue weighted by Crippen LogP contribution is 2.30. The molecule has 0 aliphatic carbocycles. The largest absolute Gasteiger partial charge is 0.325 e. The molecule has 2 aromatic rings. The highest BCUT2D eigenvalue weighted by atomic mass is 32.2. The van der Waals surface area contributed by atoms with Gasteiger partial charge in [0.15, 0.2) is 0 Å². The van der Waals surface area contributed by atoms with Crippen LogP contribution in [-0.4, -0.2) is 36.6 Å². The number of nitrogens with zero attached hydrogens (tertiary/aromatic N) is 2. The van der Waals surface area contributed by atoms with E-state index in [0.29, 0.717) is 46.7 Å². The molecular weight excluding hydrogens is 418 g/mol. The lowest BCUT2D eigenvalue weighted by atomic mass is 9.98. The summed E-state index contributed by atoms with van der Waals surface area (Å²) in [5.74, 6) is -0.867. The summed E-state index contributed by atoms with van der Waals surface area (Å²) >= 11 is 0. The molecule has 1 aliphatic heterocycles. The molecule has 1 heterocycles. The Kier molecular flexibility index (Phi) is 6.47. The van der Waals surface area contributed by atoms with Gasteiger partial charge in [-0.15, -0.1) is 0 Å². The maximum atomic E-state index is 13.4. The van der Waals surface area contributed by atoms with Crippen molar-refractivity contribution in [3.8, 4) is 0 Å². The number of amides is 1. The van der Waals surface area contributed by atoms with Gasteiger partial charge in [0.25, 0.3) is 5.69 Å². The van der Waals surface area contributed by atoms with Crippen molar-refractivity contribution in [3.05, 3.63) is 62.7 Å². The Hall–Kier alpha value is -2.78. The topological polar surface area (TPSA) is 110 Å². The third-order valence-electron chi connectivity index (χ3n) is 5.65. The van der Waals surface area contributed by atoms with Gasteiger partial charge in [-0.25, -0.2) is 8.42 Å². The number of benzene rings is 2. The van der Waals surface area contributed by atoms with E-state index >= 15 is 0 Å². The zero-order valence-electron chi connectivity index (χ0n) is 18.1. The first kappa shape index (κ1) is 22.9. The summed E-state index contributed by atoms with van der Waals surface area (Å²) in [5, 5.41) is 13.8. The van der Waals surface area contributed by atoms with Crippen LogP contribution < -0.4 is 5.32 Å². The van der Waals surface area contributed by atoms with E-state index in [1.807, 2.05) is 19.1 Å². The minimum absolute atomic E-state index is 0.0783. The minimum atomic E-state index is -3.74. The average Bonchev–Trinajstić information content (AvgIpc) is 2.68. The number of carbonyl (C=O) groups excluding carboxylic acids is 1. The molecule has 166 valence electrons. The molecule has 0 radical (unpaired) electrons. The Morgan fingerprint density at radius 3 is 2.35 bits per heavy atom. The van der Waals surface area contributed by atoms with Crippen molar-refractivity contribution in [1.29, 1.82) is 0 Å². The van der Waals surface area contributed by atoms with Gasteiger partial charge >= 0.3 is 0 Å². The van der Waals surface area contributed by atoms with Gasteiger partial charge in [0.05, 0.1) is 21.4 Å². The molecule has 2 aromatic carbocycles. The molecule has 0 aromatic heterocycles. The van der Waals surface area contributed by atoms with Crippen molar-refractivity contribution >= 4 is 27.3 Å². The van der Waals surface area contributed by atoms with E-state index in [1.165, 1.54) is 16.4 Å². The maximum Gasteiger partial charge on any atom is 0.271 e. The number of sulfonamides is 1. The lowest BCUT2D eigenvalue weighted by molar-refractivity contribution is -0.384. The summed E-state index contributed by atoms with van der Waals surface area (Å²) in [6, 6.07) is 7.97. The van der Waals surface area contributed by atoms with Crippen LogP contribution in [0.25, 0.3) is 0 Å². The molecule has 1 amide bonds. The molecule has 0 spiro atoms. The summed E-state index contributed by atoms with van der Waals surface area (Å²) in [4.78, 5) is 23.7. The predicted molar refractivity (Wildman–Crippen MR) is 119 cm³/mol. The summed E-state index contributed by atoms with van der Waals surface area (Å²) in [6.45, 7) is 7.68. The van der Waals surface area contributed by atoms with Crippen LogP contribution >= 0.6 is 0 Å². The van der Waals surface area contributed by atoms with E-state index in [9.17, 15) is 23.3 Å². The fourth-order valence-corrected chi connectivity index (χ4v) is 6.11. The first-order valence-electron chi connectivity index (χ1n) is 10.1. The van der Waals surface area contributed by atoms with Gasteiger partial charge in [-0.05, 0) is 57.2 Å². The molecule has 8 nitrogen and oxygen atoms in total. The van der Waals surface area contributed by atoms with Crippen LogP contribution in [0, 0.1) is 43.7 Å². The molecule has 1 saturated heterocycles. The van der Waals surface area contributed by atoms with Crippen LogP contribution in [0.4, 0.5) is 11.4 Å². The number of carbonyl (C=O) groups is 1. The first-order valence-corrected chi connectivity index (χ1v) is 11.6. The van der Waals surface area contributed by atoms with Gasteiger partial charge in [-0.1, -0.05) is 23.8 Å². The molecular formula is C22H27N3O5S. The van der Waals surface area contributed by atoms with Gasteiger partial charge in [0, 0.05) is 25.2 Å². The van der Waals surface area contributed by atoms with Crippen molar-refractivity contribution in [3.63, 3.8) is 0 Å². The number of nitrogens with one attached hydrogen (secondary N) is 1. The van der Waals surface area contributed by atoms with Crippen molar-refractivity contribution in [2.45, 2.75) is 45.4 Å². The Morgan fingerprint density at radius 1 is 1.10 bits per heavy atom. The van der Waals surface area contributed by atoms with Gasteiger partial charge in [0.2, 0.25) is 15.9 Å². The molecule has 9 heteroatoms. The third-order valence-corrected chi connectivity index (χ3v) is 7.82. The number of piperidine rings is 1. The normalized spacial score (nSPS) is 17.4. The molecule has 0 bridgehead atoms. The fourth-order valence-electron chi connectivity index (χ4n) is 4.17. The van der Waals surface area contributed by atoms with E-state index in [2.05, 4.69) is 5.32 Å². The Labute approximate surface area is 182 Å². The summed E-state index contributed by atoms with van der Waals surface area (Å²) in [6.07, 6.45) is 1.12. The second kappa shape index (κ2) is 8.76. The van der Waals surface area contributed by atoms with E-state index in [4.69, 9.17) is 0 Å². The van der Waals surface area contributed by atoms with E-state index in [1.54, 1.807) is 26.8 Å². The molecule has 31 heavy (non-hydrogen) atoms. The Bertz CT molecular complexity index is 1120. The number of rotatable bonds is 5. The van der Waals surface area contributed by atoms with Crippen LogP contribution in [0.3, 0.4) is 0 Å². The van der Waals surface area contributed by atoms with Gasteiger partial charge < -0.3 is 5.32 Å². The summed E-state index contributed by atoms with van der Waals surface area (Å²) in [5.41, 5.74) is 3.33. The number of aryl methyl sites for hydroxylation is 4. The molecule has 3 rings (SSSR count). The Morgan fingerprint density at radius 2 is 1.74 bits per heavy atom. The van der Waals surface area contributed by atoms with Crippen LogP contribution in [0.15, 0.2) is 35.2 Å². The van der Waals surface area contributed by atoms with E-state index in [0.717, 1.165) is 5.56 Å². The van der Waals surface area contributed by atoms with Gasteiger partial charge in [0.1, 0.15) is 0 Å².